The highest BCUT2D eigenvalue weighted by Crippen LogP contribution is 2.20. The second-order valence-corrected chi connectivity index (χ2v) is 27.0. The normalized spacial score (nSPS) is 13.7. The van der Waals surface area contributed by atoms with E-state index in [1.165, 1.54) is 109 Å². The zero-order chi connectivity index (χ0) is 66.4. The molecule has 0 atom stereocenters. The first-order valence-corrected chi connectivity index (χ1v) is 34.0. The Bertz CT molecular complexity index is 1650. The van der Waals surface area contributed by atoms with Crippen LogP contribution in [0.3, 0.4) is 0 Å². The highest BCUT2D eigenvalue weighted by molar-refractivity contribution is 5.75. The van der Waals surface area contributed by atoms with E-state index in [1.54, 1.807) is 12.5 Å². The molecule has 17 nitrogen and oxygen atoms in total. The molecule has 0 saturated carbocycles. The van der Waals surface area contributed by atoms with Gasteiger partial charge in [-0.2, -0.15) is 0 Å². The van der Waals surface area contributed by atoms with Gasteiger partial charge in [0.05, 0.1) is 38.7 Å². The third-order valence-corrected chi connectivity index (χ3v) is 14.6. The summed E-state index contributed by atoms with van der Waals surface area (Å²) in [5.74, 6) is 3.92. The molecule has 0 aromatic carbocycles. The summed E-state index contributed by atoms with van der Waals surface area (Å²) in [6.45, 7) is 52.7. The lowest BCUT2D eigenvalue weighted by atomic mass is 9.87. The van der Waals surface area contributed by atoms with Crippen LogP contribution in [-0.2, 0) is 19.1 Å². The number of nitrogens with zero attached hydrogens (tertiary/aromatic N) is 8. The van der Waals surface area contributed by atoms with Crippen LogP contribution in [0.15, 0.2) is 36.2 Å². The van der Waals surface area contributed by atoms with Crippen LogP contribution >= 0.6 is 0 Å². The number of likely N-dealkylation sites (N-methyl/N-ethyl adjacent to an activating group) is 1. The zero-order valence-corrected chi connectivity index (χ0v) is 60.6. The van der Waals surface area contributed by atoms with Crippen LogP contribution < -0.4 is 22.5 Å². The molecule has 0 radical (unpaired) electrons. The molecule has 510 valence electrons. The van der Waals surface area contributed by atoms with Crippen LogP contribution in [0.5, 0.6) is 0 Å². The monoisotopic (exact) mass is 1220 g/mol. The summed E-state index contributed by atoms with van der Waals surface area (Å²) in [5, 5.41) is 3.37. The third kappa shape index (κ3) is 64.9. The van der Waals surface area contributed by atoms with E-state index in [4.69, 9.17) is 26.7 Å². The number of ether oxygens (including phenoxy) is 2. The minimum absolute atomic E-state index is 0.138. The largest absolute Gasteiger partial charge is 0.466 e. The Hall–Kier alpha value is -3.61. The van der Waals surface area contributed by atoms with Crippen molar-refractivity contribution in [1.82, 2.24) is 44.4 Å². The Kier molecular flexibility index (Phi) is 61.0. The SMILES string of the molecule is CC(C)C1CCNCC1.CC(C)CCCCCCCOC(=O)CCN(CCC(=O)OCCCCCCCC(C)C)C(C)C.CC(C)N.CC(C)N(C)C.CC(C)N1CCN(C)CC1.CC(C)N=C(N)N.CC(C)c1cnc[nH]1.CC(C)n1ccnc1. The number of rotatable bonds is 29. The van der Waals surface area contributed by atoms with Gasteiger partial charge in [-0.1, -0.05) is 133 Å². The van der Waals surface area contributed by atoms with Crippen molar-refractivity contribution < 1.29 is 19.1 Å². The zero-order valence-electron chi connectivity index (χ0n) is 60.6. The first-order chi connectivity index (χ1) is 40.3. The predicted molar refractivity (Wildman–Crippen MR) is 372 cm³/mol. The van der Waals surface area contributed by atoms with Gasteiger partial charge in [-0.3, -0.25) is 24.4 Å². The lowest BCUT2D eigenvalue weighted by molar-refractivity contribution is -0.144. The molecule has 0 aliphatic carbocycles. The maximum absolute atomic E-state index is 12.1. The van der Waals surface area contributed by atoms with Crippen molar-refractivity contribution in [1.29, 1.82) is 0 Å². The van der Waals surface area contributed by atoms with E-state index in [0.29, 0.717) is 63.2 Å². The molecule has 17 heteroatoms. The second kappa shape index (κ2) is 59.0. The Labute approximate surface area is 532 Å². The van der Waals surface area contributed by atoms with E-state index in [-0.39, 0.29) is 30.0 Å². The fourth-order valence-electron chi connectivity index (χ4n) is 8.29. The van der Waals surface area contributed by atoms with Gasteiger partial charge in [0, 0.05) is 93.8 Å². The van der Waals surface area contributed by atoms with Crippen LogP contribution in [0.1, 0.15) is 259 Å². The molecule has 0 spiro atoms. The number of hydrogen-bond acceptors (Lipinski definition) is 13. The molecule has 86 heavy (non-hydrogen) atoms. The average Bonchev–Trinajstić information content (AvgIpc) is 4.32. The van der Waals surface area contributed by atoms with Gasteiger partial charge in [0.1, 0.15) is 0 Å². The third-order valence-electron chi connectivity index (χ3n) is 14.6. The number of H-pyrrole nitrogens is 1. The fraction of sp³-hybridized carbons (Fsp3) is 0.870. The summed E-state index contributed by atoms with van der Waals surface area (Å²) in [4.78, 5) is 48.0. The predicted octanol–water partition coefficient (Wildman–Crippen LogP) is 13.8. The minimum atomic E-state index is -0.138. The van der Waals surface area contributed by atoms with Gasteiger partial charge in [0.2, 0.25) is 0 Å². The number of aliphatic imine (C=N–C) groups is 1. The highest BCUT2D eigenvalue weighted by atomic mass is 16.5. The number of nitrogens with two attached hydrogens (primary N) is 3. The molecule has 4 heterocycles. The van der Waals surface area contributed by atoms with E-state index in [0.717, 1.165) is 55.4 Å². The molecule has 2 fully saturated rings. The fourth-order valence-corrected chi connectivity index (χ4v) is 8.29. The molecule has 0 bridgehead atoms. The van der Waals surface area contributed by atoms with Gasteiger partial charge in [-0.25, -0.2) is 9.97 Å². The van der Waals surface area contributed by atoms with Crippen LogP contribution in [0.4, 0.5) is 0 Å². The Morgan fingerprint density at radius 2 is 1.09 bits per heavy atom. The van der Waals surface area contributed by atoms with Crippen molar-refractivity contribution in [3.63, 3.8) is 0 Å². The number of piperazine rings is 1. The van der Waals surface area contributed by atoms with Crippen molar-refractivity contribution in [2.24, 2.45) is 45.9 Å². The second-order valence-electron chi connectivity index (χ2n) is 27.0. The summed E-state index contributed by atoms with van der Waals surface area (Å²) in [6.07, 6.45) is 27.0. The van der Waals surface area contributed by atoms with Crippen LogP contribution in [0.2, 0.25) is 0 Å². The van der Waals surface area contributed by atoms with Gasteiger partial charge in [-0.15, -0.1) is 0 Å². The summed E-state index contributed by atoms with van der Waals surface area (Å²) >= 11 is 0. The molecule has 0 unspecified atom stereocenters. The molecule has 2 aromatic rings. The molecule has 2 saturated heterocycles. The van der Waals surface area contributed by atoms with Crippen LogP contribution in [0.25, 0.3) is 0 Å². The van der Waals surface area contributed by atoms with Crippen molar-refractivity contribution in [2.75, 3.05) is 86.7 Å². The average molecular weight is 1220 g/mol. The number of nitrogens with one attached hydrogen (secondary N) is 2. The van der Waals surface area contributed by atoms with E-state index in [1.807, 2.05) is 46.4 Å². The van der Waals surface area contributed by atoms with Gasteiger partial charge in [0.25, 0.3) is 0 Å². The van der Waals surface area contributed by atoms with E-state index >= 15 is 0 Å². The number of unbranched alkanes of at least 4 members (excludes halogenated alkanes) is 8. The Balaban J connectivity index is -0.000000518. The molecular formula is C69H145N13O4. The number of piperidine rings is 1. The van der Waals surface area contributed by atoms with Gasteiger partial charge in [-0.05, 0) is 165 Å². The molecule has 2 aliphatic heterocycles. The summed E-state index contributed by atoms with van der Waals surface area (Å²) in [6, 6.07) is 2.78. The molecule has 8 N–H and O–H groups in total. The van der Waals surface area contributed by atoms with Gasteiger partial charge in [0.15, 0.2) is 5.96 Å². The van der Waals surface area contributed by atoms with Crippen molar-refractivity contribution in [2.45, 2.75) is 283 Å². The molecule has 0 amide bonds. The number of carbonyl (C=O) groups excluding carboxylic acids is 2. The maximum Gasteiger partial charge on any atom is 0.307 e. The molecule has 2 aromatic heterocycles. The molecular weight excluding hydrogens is 1070 g/mol. The van der Waals surface area contributed by atoms with Crippen molar-refractivity contribution in [3.8, 4) is 0 Å². The number of aromatic nitrogens is 4. The lowest BCUT2D eigenvalue weighted by Gasteiger charge is -2.34. The first kappa shape index (κ1) is 88.8. The highest BCUT2D eigenvalue weighted by Gasteiger charge is 2.17. The smallest absolute Gasteiger partial charge is 0.307 e. The van der Waals surface area contributed by atoms with Crippen molar-refractivity contribution in [3.05, 3.63) is 36.9 Å². The lowest BCUT2D eigenvalue weighted by Crippen LogP contribution is -2.47. The Morgan fingerprint density at radius 1 is 0.651 bits per heavy atom. The maximum atomic E-state index is 12.1. The van der Waals surface area contributed by atoms with Gasteiger partial charge >= 0.3 is 11.9 Å². The number of guanidine groups is 1. The van der Waals surface area contributed by atoms with Crippen molar-refractivity contribution >= 4 is 17.9 Å². The molecule has 4 rings (SSSR count). The molecule has 2 aliphatic rings. The number of imidazole rings is 2. The topological polar surface area (TPSA) is 215 Å². The van der Waals surface area contributed by atoms with E-state index in [2.05, 4.69) is 181 Å². The van der Waals surface area contributed by atoms with E-state index in [9.17, 15) is 9.59 Å². The minimum Gasteiger partial charge on any atom is -0.466 e. The van der Waals surface area contributed by atoms with Crippen LogP contribution in [-0.4, -0.2) is 174 Å². The summed E-state index contributed by atoms with van der Waals surface area (Å²) in [7, 11) is 6.34. The summed E-state index contributed by atoms with van der Waals surface area (Å²) in [5.41, 5.74) is 16.4. The number of carbonyl (C=O) groups is 2. The standard InChI is InChI=1S/C29H57NO4.C8H18N2.C8H17N.2C6H10N2.C5H13N.C4H11N3.C3H9N/c1-25(2)17-13-9-7-11-15-23-33-28(31)19-21-30(27(5)6)22-20-29(32)34-24-16-12-8-10-14-18-26(3)4;1-8(2)10-6-4-9(3)5-7-10;1-7(2)8-3-5-9-6-4-8;1-5(2)6-3-7-4-8-6;1-6(2)8-4-3-7-5-8;1-5(2)6(3)4;1-3(2)7-4(5)6;1-3(2)4/h25-27H,7-24H2,1-6H3;8H,4-7H2,1-3H3;7-9H,3-6H2,1-2H3;3-5H,1-2H3,(H,7,8);3-6H,1-2H3;5H,1-4H3;3H,1-2H3,(H4,5,6,7);3H,4H2,1-2H3. The van der Waals surface area contributed by atoms with E-state index < -0.39 is 0 Å². The number of aromatic amines is 1. The number of hydrogen-bond donors (Lipinski definition) is 5. The van der Waals surface area contributed by atoms with Crippen LogP contribution in [0, 0.1) is 23.7 Å². The Morgan fingerprint density at radius 3 is 1.36 bits per heavy atom. The summed E-state index contributed by atoms with van der Waals surface area (Å²) < 4.78 is 12.9. The number of esters is 2. The van der Waals surface area contributed by atoms with Gasteiger partial charge < -0.3 is 51.3 Å². The first-order valence-electron chi connectivity index (χ1n) is 34.0. The quantitative estimate of drug-likeness (QED) is 0.0222.